The minimum Gasteiger partial charge on any atom is -0.207 e. The molecule has 0 bridgehead atoms. The Morgan fingerprint density at radius 3 is 2.09 bits per heavy atom. The first-order valence-electron chi connectivity index (χ1n) is 6.38. The number of hydrogen-bond acceptors (Lipinski definition) is 2. The average molecular weight is 329 g/mol. The minimum atomic E-state index is -4.37. The van der Waals surface area contributed by atoms with Gasteiger partial charge in [0.2, 0.25) is 10.0 Å². The van der Waals surface area contributed by atoms with Crippen molar-refractivity contribution >= 4 is 10.0 Å². The molecule has 0 heterocycles. The van der Waals surface area contributed by atoms with Gasteiger partial charge in [-0.2, -0.15) is 0 Å². The average Bonchev–Trinajstić information content (AvgIpc) is 2.44. The third-order valence-electron chi connectivity index (χ3n) is 3.17. The molecule has 22 heavy (non-hydrogen) atoms. The molecule has 0 saturated carbocycles. The molecule has 1 N–H and O–H groups in total. The van der Waals surface area contributed by atoms with Crippen LogP contribution in [0.5, 0.6) is 0 Å². The summed E-state index contributed by atoms with van der Waals surface area (Å²) < 4.78 is 66.7. The van der Waals surface area contributed by atoms with E-state index < -0.39 is 37.9 Å². The van der Waals surface area contributed by atoms with Crippen molar-refractivity contribution in [3.8, 4) is 0 Å². The lowest BCUT2D eigenvalue weighted by Gasteiger charge is -2.26. The summed E-state index contributed by atoms with van der Waals surface area (Å²) in [6.07, 6.45) is 0. The maximum Gasteiger partial charge on any atom is 0.244 e. The Balaban J connectivity index is 2.43. The molecule has 0 aromatic heterocycles. The summed E-state index contributed by atoms with van der Waals surface area (Å²) in [4.78, 5) is -0.935. The second-order valence-corrected chi connectivity index (χ2v) is 6.92. The second kappa shape index (κ2) is 5.73. The minimum absolute atomic E-state index is 0.572. The molecule has 7 heteroatoms. The Bertz CT molecular complexity index is 790. The van der Waals surface area contributed by atoms with Crippen molar-refractivity contribution in [1.82, 2.24) is 4.72 Å². The van der Waals surface area contributed by atoms with Crippen LogP contribution in [0.3, 0.4) is 0 Å². The fourth-order valence-electron chi connectivity index (χ4n) is 2.02. The Labute approximate surface area is 126 Å². The van der Waals surface area contributed by atoms with Gasteiger partial charge in [0.15, 0.2) is 17.5 Å². The highest BCUT2D eigenvalue weighted by Crippen LogP contribution is 2.25. The van der Waals surface area contributed by atoms with Crippen LogP contribution in [0.2, 0.25) is 0 Å². The van der Waals surface area contributed by atoms with Crippen LogP contribution in [0.25, 0.3) is 0 Å². The van der Waals surface area contributed by atoms with Crippen LogP contribution in [-0.2, 0) is 15.6 Å². The van der Waals surface area contributed by atoms with Crippen molar-refractivity contribution in [2.45, 2.75) is 24.3 Å². The number of nitrogens with one attached hydrogen (secondary N) is 1. The third kappa shape index (κ3) is 3.15. The first-order valence-corrected chi connectivity index (χ1v) is 7.86. The molecule has 0 saturated heterocycles. The van der Waals surface area contributed by atoms with Crippen molar-refractivity contribution in [3.63, 3.8) is 0 Å². The van der Waals surface area contributed by atoms with Crippen LogP contribution in [0.1, 0.15) is 19.4 Å². The van der Waals surface area contributed by atoms with Gasteiger partial charge in [0.05, 0.1) is 5.54 Å². The summed E-state index contributed by atoms with van der Waals surface area (Å²) in [6, 6.07) is 9.88. The topological polar surface area (TPSA) is 46.2 Å². The molecular weight excluding hydrogens is 315 g/mol. The summed E-state index contributed by atoms with van der Waals surface area (Å²) in [7, 11) is -4.37. The van der Waals surface area contributed by atoms with Gasteiger partial charge in [0, 0.05) is 0 Å². The monoisotopic (exact) mass is 329 g/mol. The fourth-order valence-corrected chi connectivity index (χ4v) is 3.49. The molecule has 0 radical (unpaired) electrons. The zero-order valence-electron chi connectivity index (χ0n) is 11.9. The Kier molecular flexibility index (Phi) is 4.30. The second-order valence-electron chi connectivity index (χ2n) is 5.27. The Hall–Kier alpha value is -1.86. The van der Waals surface area contributed by atoms with E-state index in [9.17, 15) is 21.6 Å². The predicted molar refractivity (Wildman–Crippen MR) is 76.1 cm³/mol. The van der Waals surface area contributed by atoms with Gasteiger partial charge < -0.3 is 0 Å². The van der Waals surface area contributed by atoms with Crippen LogP contribution < -0.4 is 4.72 Å². The van der Waals surface area contributed by atoms with Crippen molar-refractivity contribution in [2.24, 2.45) is 0 Å². The zero-order chi connectivity index (χ0) is 16.5. The van der Waals surface area contributed by atoms with E-state index in [1.165, 1.54) is 0 Å². The maximum atomic E-state index is 13.7. The van der Waals surface area contributed by atoms with Crippen molar-refractivity contribution < 1.29 is 21.6 Å². The molecule has 2 rings (SSSR count). The van der Waals surface area contributed by atoms with E-state index in [1.807, 2.05) is 0 Å². The van der Waals surface area contributed by atoms with Crippen LogP contribution in [-0.4, -0.2) is 8.42 Å². The molecule has 0 aliphatic heterocycles. The fraction of sp³-hybridized carbons (Fsp3) is 0.200. The van der Waals surface area contributed by atoms with Gasteiger partial charge in [0.1, 0.15) is 4.90 Å². The molecule has 118 valence electrons. The van der Waals surface area contributed by atoms with E-state index in [4.69, 9.17) is 0 Å². The predicted octanol–water partition coefficient (Wildman–Crippen LogP) is 3.32. The van der Waals surface area contributed by atoms with Gasteiger partial charge in [-0.15, -0.1) is 0 Å². The van der Waals surface area contributed by atoms with E-state index in [2.05, 4.69) is 4.72 Å². The Morgan fingerprint density at radius 2 is 1.50 bits per heavy atom. The van der Waals surface area contributed by atoms with Crippen LogP contribution in [0, 0.1) is 17.5 Å². The first-order chi connectivity index (χ1) is 10.1. The van der Waals surface area contributed by atoms with Crippen molar-refractivity contribution in [2.75, 3.05) is 0 Å². The molecule has 3 nitrogen and oxygen atoms in total. The van der Waals surface area contributed by atoms with Crippen LogP contribution in [0.4, 0.5) is 13.2 Å². The number of hydrogen-bond donors (Lipinski definition) is 1. The molecule has 2 aromatic rings. The SMILES string of the molecule is CC(C)(NS(=O)(=O)c1ccc(F)c(F)c1F)c1ccccc1. The number of rotatable bonds is 4. The molecule has 0 unspecified atom stereocenters. The van der Waals surface area contributed by atoms with Gasteiger partial charge >= 0.3 is 0 Å². The van der Waals surface area contributed by atoms with E-state index >= 15 is 0 Å². The van der Waals surface area contributed by atoms with Crippen molar-refractivity contribution in [1.29, 1.82) is 0 Å². The number of sulfonamides is 1. The normalized spacial score (nSPS) is 12.4. The van der Waals surface area contributed by atoms with E-state index in [-0.39, 0.29) is 0 Å². The Morgan fingerprint density at radius 1 is 0.909 bits per heavy atom. The smallest absolute Gasteiger partial charge is 0.207 e. The highest BCUT2D eigenvalue weighted by molar-refractivity contribution is 7.89. The quantitative estimate of drug-likeness (QED) is 0.875. The molecular formula is C15H14F3NO2S. The van der Waals surface area contributed by atoms with Gasteiger partial charge in [-0.05, 0) is 31.5 Å². The van der Waals surface area contributed by atoms with Crippen LogP contribution >= 0.6 is 0 Å². The van der Waals surface area contributed by atoms with Gasteiger partial charge in [-0.25, -0.2) is 26.3 Å². The van der Waals surface area contributed by atoms with E-state index in [0.29, 0.717) is 17.7 Å². The first kappa shape index (κ1) is 16.5. The molecule has 0 atom stereocenters. The lowest BCUT2D eigenvalue weighted by atomic mass is 9.96. The zero-order valence-corrected chi connectivity index (χ0v) is 12.7. The number of halogens is 3. The summed E-state index contributed by atoms with van der Waals surface area (Å²) >= 11 is 0. The number of benzene rings is 2. The van der Waals surface area contributed by atoms with E-state index in [1.54, 1.807) is 44.2 Å². The third-order valence-corrected chi connectivity index (χ3v) is 4.85. The van der Waals surface area contributed by atoms with Crippen LogP contribution in [0.15, 0.2) is 47.4 Å². The lowest BCUT2D eigenvalue weighted by Crippen LogP contribution is -2.41. The van der Waals surface area contributed by atoms with Crippen molar-refractivity contribution in [3.05, 3.63) is 65.5 Å². The standard InChI is InChI=1S/C15H14F3NO2S/c1-15(2,10-6-4-3-5-7-10)19-22(20,21)12-9-8-11(16)13(17)14(12)18/h3-9,19H,1-2H3. The summed E-state index contributed by atoms with van der Waals surface area (Å²) in [5, 5.41) is 0. The highest BCUT2D eigenvalue weighted by Gasteiger charge is 2.31. The van der Waals surface area contributed by atoms with Gasteiger partial charge in [-0.3, -0.25) is 0 Å². The van der Waals surface area contributed by atoms with Gasteiger partial charge in [0.25, 0.3) is 0 Å². The molecule has 2 aromatic carbocycles. The molecule has 0 fully saturated rings. The largest absolute Gasteiger partial charge is 0.244 e. The molecule has 0 spiro atoms. The lowest BCUT2D eigenvalue weighted by molar-refractivity contribution is 0.427. The molecule has 0 aliphatic rings. The summed E-state index contributed by atoms with van der Waals surface area (Å²) in [6.45, 7) is 3.16. The van der Waals surface area contributed by atoms with Gasteiger partial charge in [-0.1, -0.05) is 30.3 Å². The molecule has 0 amide bonds. The summed E-state index contributed by atoms with van der Waals surface area (Å²) in [5.41, 5.74) is -0.418. The maximum absolute atomic E-state index is 13.7. The summed E-state index contributed by atoms with van der Waals surface area (Å²) in [5.74, 6) is -5.00. The van der Waals surface area contributed by atoms with E-state index in [0.717, 1.165) is 0 Å². The molecule has 0 aliphatic carbocycles. The highest BCUT2D eigenvalue weighted by atomic mass is 32.2.